The van der Waals surface area contributed by atoms with Gasteiger partial charge in [0.1, 0.15) is 0 Å². The number of hydrogen-bond acceptors (Lipinski definition) is 3. The van der Waals surface area contributed by atoms with Crippen molar-refractivity contribution in [2.45, 2.75) is 18.5 Å². The number of nitrogens with zero attached hydrogens (tertiary/aromatic N) is 1. The fourth-order valence-electron chi connectivity index (χ4n) is 2.56. The van der Waals surface area contributed by atoms with E-state index in [0.717, 1.165) is 16.5 Å². The van der Waals surface area contributed by atoms with E-state index in [0.29, 0.717) is 16.0 Å². The van der Waals surface area contributed by atoms with Gasteiger partial charge in [0.05, 0.1) is 22.1 Å². The van der Waals surface area contributed by atoms with Crippen molar-refractivity contribution in [3.05, 3.63) is 68.1 Å². The van der Waals surface area contributed by atoms with Crippen molar-refractivity contribution in [3.63, 3.8) is 0 Å². The Balaban J connectivity index is 1.88. The van der Waals surface area contributed by atoms with Crippen LogP contribution in [-0.2, 0) is 0 Å². The molecule has 1 aliphatic rings. The molecule has 0 bridgehead atoms. The summed E-state index contributed by atoms with van der Waals surface area (Å²) in [6.07, 6.45) is 0.806. The lowest BCUT2D eigenvalue weighted by molar-refractivity contribution is 0.487. The molecule has 6 heteroatoms. The Bertz CT molecular complexity index is 716. The quantitative estimate of drug-likeness (QED) is 0.759. The van der Waals surface area contributed by atoms with Crippen LogP contribution in [0, 0.1) is 0 Å². The van der Waals surface area contributed by atoms with Crippen molar-refractivity contribution in [1.82, 2.24) is 5.32 Å². The fourth-order valence-corrected chi connectivity index (χ4v) is 3.13. The molecule has 2 aromatic carbocycles. The van der Waals surface area contributed by atoms with Gasteiger partial charge in [0, 0.05) is 4.47 Å². The first kappa shape index (κ1) is 15.7. The van der Waals surface area contributed by atoms with Crippen LogP contribution in [0.5, 0.6) is 0 Å². The summed E-state index contributed by atoms with van der Waals surface area (Å²) in [6, 6.07) is 13.9. The van der Waals surface area contributed by atoms with E-state index in [-0.39, 0.29) is 12.1 Å². The van der Waals surface area contributed by atoms with Crippen LogP contribution in [0.25, 0.3) is 0 Å². The highest BCUT2D eigenvalue weighted by atomic mass is 79.9. The first-order valence-electron chi connectivity index (χ1n) is 6.83. The van der Waals surface area contributed by atoms with Gasteiger partial charge in [-0.3, -0.25) is 0 Å². The summed E-state index contributed by atoms with van der Waals surface area (Å²) in [6.45, 7) is 0. The molecule has 0 fully saturated rings. The summed E-state index contributed by atoms with van der Waals surface area (Å²) in [5.41, 5.74) is 8.15. The molecular formula is C16H14BrCl2N3. The van der Waals surface area contributed by atoms with Gasteiger partial charge in [0.25, 0.3) is 0 Å². The van der Waals surface area contributed by atoms with Crippen molar-refractivity contribution in [1.29, 1.82) is 0 Å². The summed E-state index contributed by atoms with van der Waals surface area (Å²) in [7, 11) is 0. The van der Waals surface area contributed by atoms with Crippen LogP contribution in [0.4, 0.5) is 0 Å². The highest BCUT2D eigenvalue weighted by Crippen LogP contribution is 2.35. The first-order valence-corrected chi connectivity index (χ1v) is 8.38. The van der Waals surface area contributed by atoms with Gasteiger partial charge in [0.15, 0.2) is 5.96 Å². The zero-order chi connectivity index (χ0) is 15.7. The fraction of sp³-hybridized carbons (Fsp3) is 0.188. The molecule has 3 N–H and O–H groups in total. The van der Waals surface area contributed by atoms with Crippen LogP contribution in [0.15, 0.2) is 51.9 Å². The van der Waals surface area contributed by atoms with Crippen LogP contribution < -0.4 is 11.1 Å². The average molecular weight is 399 g/mol. The van der Waals surface area contributed by atoms with Crippen LogP contribution in [0.3, 0.4) is 0 Å². The molecule has 114 valence electrons. The minimum atomic E-state index is -0.0373. The Hall–Kier alpha value is -1.23. The van der Waals surface area contributed by atoms with Gasteiger partial charge in [-0.1, -0.05) is 57.3 Å². The van der Waals surface area contributed by atoms with Gasteiger partial charge in [-0.05, 0) is 41.8 Å². The molecule has 22 heavy (non-hydrogen) atoms. The second-order valence-corrected chi connectivity index (χ2v) is 6.92. The second-order valence-electron chi connectivity index (χ2n) is 5.19. The van der Waals surface area contributed by atoms with E-state index in [1.165, 1.54) is 5.56 Å². The van der Waals surface area contributed by atoms with Crippen molar-refractivity contribution >= 4 is 45.1 Å². The van der Waals surface area contributed by atoms with E-state index in [1.807, 2.05) is 24.3 Å². The summed E-state index contributed by atoms with van der Waals surface area (Å²) in [4.78, 5) is 4.49. The van der Waals surface area contributed by atoms with Crippen molar-refractivity contribution in [3.8, 4) is 0 Å². The van der Waals surface area contributed by atoms with Crippen molar-refractivity contribution in [2.24, 2.45) is 10.7 Å². The lowest BCUT2D eigenvalue weighted by Gasteiger charge is -2.29. The predicted molar refractivity (Wildman–Crippen MR) is 95.5 cm³/mol. The van der Waals surface area contributed by atoms with Crippen molar-refractivity contribution in [2.75, 3.05) is 0 Å². The smallest absolute Gasteiger partial charge is 0.189 e. The van der Waals surface area contributed by atoms with Gasteiger partial charge < -0.3 is 11.1 Å². The Morgan fingerprint density at radius 2 is 1.73 bits per heavy atom. The molecule has 2 unspecified atom stereocenters. The third-order valence-corrected chi connectivity index (χ3v) is 4.94. The molecule has 3 nitrogen and oxygen atoms in total. The Morgan fingerprint density at radius 1 is 1.05 bits per heavy atom. The minimum Gasteiger partial charge on any atom is -0.370 e. The summed E-state index contributed by atoms with van der Waals surface area (Å²) in [5.74, 6) is 0.440. The molecule has 0 aliphatic carbocycles. The molecular weight excluding hydrogens is 385 g/mol. The molecule has 2 aromatic rings. The second kappa shape index (κ2) is 6.49. The lowest BCUT2D eigenvalue weighted by Crippen LogP contribution is -2.39. The molecule has 0 aromatic heterocycles. The number of benzene rings is 2. The molecule has 1 heterocycles. The Labute approximate surface area is 147 Å². The summed E-state index contributed by atoms with van der Waals surface area (Å²) >= 11 is 15.5. The average Bonchev–Trinajstić information content (AvgIpc) is 2.50. The highest BCUT2D eigenvalue weighted by molar-refractivity contribution is 9.10. The molecule has 2 atom stereocenters. The first-order chi connectivity index (χ1) is 10.5. The molecule has 0 amide bonds. The van der Waals surface area contributed by atoms with Gasteiger partial charge in [-0.15, -0.1) is 0 Å². The molecule has 1 aliphatic heterocycles. The van der Waals surface area contributed by atoms with E-state index in [4.69, 9.17) is 28.9 Å². The van der Waals surface area contributed by atoms with E-state index in [9.17, 15) is 0 Å². The zero-order valence-corrected chi connectivity index (χ0v) is 14.7. The third-order valence-electron chi connectivity index (χ3n) is 3.68. The summed E-state index contributed by atoms with van der Waals surface area (Å²) in [5, 5.41) is 4.31. The van der Waals surface area contributed by atoms with Crippen molar-refractivity contribution < 1.29 is 0 Å². The number of nitrogens with two attached hydrogens (primary N) is 1. The number of guanidine groups is 1. The SMILES string of the molecule is NC1=NC(c2ccc(Cl)c(Cl)c2)CC(c2ccc(Br)cc2)N1. The standard InChI is InChI=1S/C16H14BrCl2N3/c17-11-4-1-9(2-5-11)14-8-15(22-16(20)21-14)10-3-6-12(18)13(19)7-10/h1-7,14-15H,8H2,(H3,20,21,22). The molecule has 0 spiro atoms. The maximum atomic E-state index is 6.11. The summed E-state index contributed by atoms with van der Waals surface area (Å²) < 4.78 is 1.05. The van der Waals surface area contributed by atoms with Crippen LogP contribution in [-0.4, -0.2) is 5.96 Å². The zero-order valence-electron chi connectivity index (χ0n) is 11.6. The van der Waals surface area contributed by atoms with E-state index >= 15 is 0 Å². The topological polar surface area (TPSA) is 50.4 Å². The van der Waals surface area contributed by atoms with Gasteiger partial charge in [-0.25, -0.2) is 4.99 Å². The number of rotatable bonds is 2. The maximum absolute atomic E-state index is 6.11. The lowest BCUT2D eigenvalue weighted by atomic mass is 9.94. The van der Waals surface area contributed by atoms with E-state index < -0.39 is 0 Å². The van der Waals surface area contributed by atoms with Gasteiger partial charge in [-0.2, -0.15) is 0 Å². The predicted octanol–water partition coefficient (Wildman–Crippen LogP) is 4.85. The Morgan fingerprint density at radius 3 is 2.41 bits per heavy atom. The van der Waals surface area contributed by atoms with Gasteiger partial charge in [0.2, 0.25) is 0 Å². The van der Waals surface area contributed by atoms with E-state index in [1.54, 1.807) is 6.07 Å². The number of hydrogen-bond donors (Lipinski definition) is 2. The van der Waals surface area contributed by atoms with Crippen LogP contribution in [0.1, 0.15) is 29.6 Å². The molecule has 0 radical (unpaired) electrons. The normalized spacial score (nSPS) is 21.1. The van der Waals surface area contributed by atoms with Crippen LogP contribution >= 0.6 is 39.1 Å². The molecule has 0 saturated heterocycles. The highest BCUT2D eigenvalue weighted by Gasteiger charge is 2.24. The largest absolute Gasteiger partial charge is 0.370 e. The third kappa shape index (κ3) is 3.40. The monoisotopic (exact) mass is 397 g/mol. The number of aliphatic imine (C=N–C) groups is 1. The number of nitrogens with one attached hydrogen (secondary N) is 1. The van der Waals surface area contributed by atoms with Crippen LogP contribution in [0.2, 0.25) is 10.0 Å². The molecule has 3 rings (SSSR count). The maximum Gasteiger partial charge on any atom is 0.189 e. The van der Waals surface area contributed by atoms with Gasteiger partial charge >= 0.3 is 0 Å². The minimum absolute atomic E-state index is 0.0373. The molecule has 0 saturated carbocycles. The Kier molecular flexibility index (Phi) is 4.62. The van der Waals surface area contributed by atoms with E-state index in [2.05, 4.69) is 38.4 Å². The number of halogens is 3.